The highest BCUT2D eigenvalue weighted by Gasteiger charge is 2.44. The van der Waals surface area contributed by atoms with E-state index in [1.807, 2.05) is 7.05 Å². The number of nitrogens with zero attached hydrogens (tertiary/aromatic N) is 4. The predicted octanol–water partition coefficient (Wildman–Crippen LogP) is 0.645. The topological polar surface area (TPSA) is 69.9 Å². The number of esters is 1. The van der Waals surface area contributed by atoms with Crippen molar-refractivity contribution in [3.8, 4) is 0 Å². The molecule has 1 aliphatic rings. The zero-order valence-corrected chi connectivity index (χ0v) is 10.2. The van der Waals surface area contributed by atoms with Crippen molar-refractivity contribution < 1.29 is 9.53 Å². The summed E-state index contributed by atoms with van der Waals surface area (Å²) in [6.45, 7) is 0. The van der Waals surface area contributed by atoms with Crippen LogP contribution in [0, 0.1) is 5.41 Å². The maximum Gasteiger partial charge on any atom is 0.306 e. The normalized spacial score (nSPS) is 17.1. The summed E-state index contributed by atoms with van der Waals surface area (Å²) < 4.78 is 6.33. The lowest BCUT2D eigenvalue weighted by Crippen LogP contribution is -2.13. The van der Waals surface area contributed by atoms with Gasteiger partial charge in [-0.05, 0) is 28.7 Å². The number of hydrogen-bond donors (Lipinski definition) is 0. The van der Waals surface area contributed by atoms with Crippen LogP contribution in [-0.2, 0) is 16.6 Å². The lowest BCUT2D eigenvalue weighted by Gasteiger charge is -2.11. The van der Waals surface area contributed by atoms with Crippen molar-refractivity contribution in [3.63, 3.8) is 0 Å². The summed E-state index contributed by atoms with van der Waals surface area (Å²) >= 11 is 1.59. The molecule has 1 fully saturated rings. The van der Waals surface area contributed by atoms with Crippen molar-refractivity contribution in [2.75, 3.05) is 12.9 Å². The van der Waals surface area contributed by atoms with E-state index in [1.165, 1.54) is 7.11 Å². The van der Waals surface area contributed by atoms with Crippen LogP contribution in [0.15, 0.2) is 5.16 Å². The van der Waals surface area contributed by atoms with E-state index in [2.05, 4.69) is 15.5 Å². The first-order chi connectivity index (χ1) is 7.65. The van der Waals surface area contributed by atoms with Gasteiger partial charge in [0.25, 0.3) is 0 Å². The molecule has 0 aliphatic heterocycles. The average Bonchev–Trinajstić information content (AvgIpc) is 2.91. The molecule has 0 amide bonds. The van der Waals surface area contributed by atoms with Crippen LogP contribution in [0.25, 0.3) is 0 Å². The van der Waals surface area contributed by atoms with Crippen molar-refractivity contribution >= 4 is 17.7 Å². The van der Waals surface area contributed by atoms with Gasteiger partial charge in [0.1, 0.15) is 0 Å². The van der Waals surface area contributed by atoms with Crippen LogP contribution < -0.4 is 0 Å². The fourth-order valence-corrected chi connectivity index (χ4v) is 2.63. The van der Waals surface area contributed by atoms with Gasteiger partial charge in [0.2, 0.25) is 5.16 Å². The number of rotatable bonds is 5. The first-order valence-corrected chi connectivity index (χ1v) is 6.06. The fraction of sp³-hybridized carbons (Fsp3) is 0.778. The van der Waals surface area contributed by atoms with Crippen LogP contribution in [0.4, 0.5) is 0 Å². The summed E-state index contributed by atoms with van der Waals surface area (Å²) in [6.07, 6.45) is 2.67. The minimum Gasteiger partial charge on any atom is -0.469 e. The smallest absolute Gasteiger partial charge is 0.306 e. The van der Waals surface area contributed by atoms with E-state index in [0.29, 0.717) is 6.42 Å². The Bertz CT molecular complexity index is 389. The maximum absolute atomic E-state index is 11.2. The van der Waals surface area contributed by atoms with Gasteiger partial charge in [-0.3, -0.25) is 4.79 Å². The van der Waals surface area contributed by atoms with Crippen LogP contribution >= 0.6 is 11.8 Å². The number of hydrogen-bond acceptors (Lipinski definition) is 6. The Balaban J connectivity index is 1.86. The van der Waals surface area contributed by atoms with Crippen molar-refractivity contribution in [2.45, 2.75) is 24.4 Å². The van der Waals surface area contributed by atoms with Gasteiger partial charge in [-0.15, -0.1) is 5.10 Å². The van der Waals surface area contributed by atoms with Gasteiger partial charge in [0.15, 0.2) is 0 Å². The molecule has 16 heavy (non-hydrogen) atoms. The molecule has 0 bridgehead atoms. The zero-order valence-electron chi connectivity index (χ0n) is 9.34. The Kier molecular flexibility index (Phi) is 3.13. The number of aromatic nitrogens is 4. The molecule has 0 N–H and O–H groups in total. The molecule has 2 rings (SSSR count). The van der Waals surface area contributed by atoms with Crippen molar-refractivity contribution in [1.29, 1.82) is 0 Å². The average molecular weight is 242 g/mol. The highest BCUT2D eigenvalue weighted by atomic mass is 32.2. The maximum atomic E-state index is 11.2. The molecule has 0 atom stereocenters. The number of ether oxygens (including phenoxy) is 1. The summed E-state index contributed by atoms with van der Waals surface area (Å²) in [6, 6.07) is 0. The van der Waals surface area contributed by atoms with Crippen LogP contribution in [0.2, 0.25) is 0 Å². The largest absolute Gasteiger partial charge is 0.469 e. The second-order valence-electron chi connectivity index (χ2n) is 4.13. The Morgan fingerprint density at radius 1 is 1.62 bits per heavy atom. The summed E-state index contributed by atoms with van der Waals surface area (Å²) in [7, 11) is 3.24. The molecule has 1 heterocycles. The van der Waals surface area contributed by atoms with Crippen molar-refractivity contribution in [3.05, 3.63) is 0 Å². The zero-order chi connectivity index (χ0) is 11.6. The van der Waals surface area contributed by atoms with Crippen molar-refractivity contribution in [1.82, 2.24) is 20.2 Å². The fourth-order valence-electron chi connectivity index (χ4n) is 1.49. The molecule has 0 aromatic carbocycles. The Morgan fingerprint density at radius 2 is 2.38 bits per heavy atom. The number of tetrazole rings is 1. The molecule has 7 heteroatoms. The number of carbonyl (C=O) groups excluding carboxylic acids is 1. The van der Waals surface area contributed by atoms with Gasteiger partial charge in [0.05, 0.1) is 13.5 Å². The van der Waals surface area contributed by atoms with Crippen LogP contribution in [0.3, 0.4) is 0 Å². The van der Waals surface area contributed by atoms with E-state index in [-0.39, 0.29) is 11.4 Å². The highest BCUT2D eigenvalue weighted by molar-refractivity contribution is 7.99. The molecular weight excluding hydrogens is 228 g/mol. The van der Waals surface area contributed by atoms with Gasteiger partial charge < -0.3 is 4.74 Å². The monoisotopic (exact) mass is 242 g/mol. The molecule has 0 spiro atoms. The predicted molar refractivity (Wildman–Crippen MR) is 57.8 cm³/mol. The molecule has 0 saturated heterocycles. The molecular formula is C9H14N4O2S. The second kappa shape index (κ2) is 4.40. The van der Waals surface area contributed by atoms with E-state index in [4.69, 9.17) is 4.74 Å². The molecule has 88 valence electrons. The molecule has 1 aromatic heterocycles. The van der Waals surface area contributed by atoms with Crippen LogP contribution in [-0.4, -0.2) is 39.0 Å². The number of carbonyl (C=O) groups is 1. The molecule has 1 aromatic rings. The Hall–Kier alpha value is -1.11. The highest BCUT2D eigenvalue weighted by Crippen LogP contribution is 2.51. The van der Waals surface area contributed by atoms with E-state index >= 15 is 0 Å². The third kappa shape index (κ3) is 2.52. The number of aryl methyl sites for hydroxylation is 1. The van der Waals surface area contributed by atoms with Crippen LogP contribution in [0.5, 0.6) is 0 Å². The molecule has 6 nitrogen and oxygen atoms in total. The van der Waals surface area contributed by atoms with E-state index in [9.17, 15) is 4.79 Å². The summed E-state index contributed by atoms with van der Waals surface area (Å²) in [5.74, 6) is 0.741. The Labute approximate surface area is 97.7 Å². The SMILES string of the molecule is COC(=O)CC1(CSc2nnnn2C)CC1. The van der Waals surface area contributed by atoms with Gasteiger partial charge in [0, 0.05) is 12.8 Å². The minimum atomic E-state index is -0.130. The lowest BCUT2D eigenvalue weighted by molar-refractivity contribution is -0.141. The van der Waals surface area contributed by atoms with E-state index < -0.39 is 0 Å². The third-order valence-corrected chi connectivity index (χ3v) is 4.15. The van der Waals surface area contributed by atoms with Gasteiger partial charge in [-0.1, -0.05) is 11.8 Å². The molecule has 0 unspecified atom stereocenters. The lowest BCUT2D eigenvalue weighted by atomic mass is 10.1. The summed E-state index contributed by atoms with van der Waals surface area (Å²) in [4.78, 5) is 11.2. The first kappa shape index (κ1) is 11.4. The van der Waals surface area contributed by atoms with E-state index in [1.54, 1.807) is 16.4 Å². The standard InChI is InChI=1S/C9H14N4O2S/c1-13-8(10-11-12-13)16-6-9(3-4-9)5-7(14)15-2/h3-6H2,1-2H3. The molecule has 0 radical (unpaired) electrons. The third-order valence-electron chi connectivity index (χ3n) is 2.79. The summed E-state index contributed by atoms with van der Waals surface area (Å²) in [5.41, 5.74) is 0.115. The molecule has 1 saturated carbocycles. The summed E-state index contributed by atoms with van der Waals surface area (Å²) in [5, 5.41) is 12.0. The number of methoxy groups -OCH3 is 1. The minimum absolute atomic E-state index is 0.115. The Morgan fingerprint density at radius 3 is 2.88 bits per heavy atom. The van der Waals surface area contributed by atoms with Crippen molar-refractivity contribution in [2.24, 2.45) is 12.5 Å². The second-order valence-corrected chi connectivity index (χ2v) is 5.07. The number of thioether (sulfide) groups is 1. The van der Waals surface area contributed by atoms with Gasteiger partial charge in [-0.25, -0.2) is 4.68 Å². The quantitative estimate of drug-likeness (QED) is 0.557. The molecule has 1 aliphatic carbocycles. The van der Waals surface area contributed by atoms with E-state index in [0.717, 1.165) is 23.8 Å². The van der Waals surface area contributed by atoms with Crippen LogP contribution in [0.1, 0.15) is 19.3 Å². The van der Waals surface area contributed by atoms with Gasteiger partial charge >= 0.3 is 5.97 Å². The van der Waals surface area contributed by atoms with Gasteiger partial charge in [-0.2, -0.15) is 0 Å². The first-order valence-electron chi connectivity index (χ1n) is 5.07.